The number of methoxy groups -OCH3 is 1. The fourth-order valence-corrected chi connectivity index (χ4v) is 2.51. The van der Waals surface area contributed by atoms with Crippen LogP contribution in [0.4, 0.5) is 0 Å². The summed E-state index contributed by atoms with van der Waals surface area (Å²) in [6.45, 7) is 1.18. The van der Waals surface area contributed by atoms with Gasteiger partial charge in [0.1, 0.15) is 11.5 Å². The average Bonchev–Trinajstić information content (AvgIpc) is 2.94. The molecule has 18 heavy (non-hydrogen) atoms. The monoisotopic (exact) mass is 263 g/mol. The Morgan fingerprint density at radius 3 is 2.72 bits per heavy atom. The first-order valence-electron chi connectivity index (χ1n) is 5.84. The van der Waals surface area contributed by atoms with Gasteiger partial charge in [0.15, 0.2) is 0 Å². The zero-order valence-electron chi connectivity index (χ0n) is 10.3. The lowest BCUT2D eigenvalue weighted by Gasteiger charge is -2.14. The molecule has 1 heterocycles. The van der Waals surface area contributed by atoms with E-state index in [1.54, 1.807) is 18.4 Å². The predicted octanol–water partition coefficient (Wildman–Crippen LogP) is 2.88. The summed E-state index contributed by atoms with van der Waals surface area (Å²) in [6, 6.07) is 11.7. The first-order chi connectivity index (χ1) is 8.83. The highest BCUT2D eigenvalue weighted by Crippen LogP contribution is 2.23. The van der Waals surface area contributed by atoms with Crippen molar-refractivity contribution in [2.45, 2.75) is 5.92 Å². The Morgan fingerprint density at radius 2 is 2.06 bits per heavy atom. The summed E-state index contributed by atoms with van der Waals surface area (Å²) in [4.78, 5) is 1.26. The van der Waals surface area contributed by atoms with Crippen molar-refractivity contribution >= 4 is 11.3 Å². The molecule has 0 aliphatic rings. The number of benzene rings is 1. The summed E-state index contributed by atoms with van der Waals surface area (Å²) in [7, 11) is 1.65. The molecule has 0 aliphatic heterocycles. The smallest absolute Gasteiger partial charge is 0.123 e. The van der Waals surface area contributed by atoms with E-state index in [9.17, 15) is 0 Å². The Balaban J connectivity index is 1.97. The van der Waals surface area contributed by atoms with Crippen molar-refractivity contribution in [3.05, 3.63) is 46.7 Å². The summed E-state index contributed by atoms with van der Waals surface area (Å²) in [5.41, 5.74) is 5.79. The van der Waals surface area contributed by atoms with Gasteiger partial charge in [0.2, 0.25) is 0 Å². The lowest BCUT2D eigenvalue weighted by atomic mass is 10.1. The van der Waals surface area contributed by atoms with Crippen LogP contribution in [0, 0.1) is 0 Å². The molecule has 96 valence electrons. The van der Waals surface area contributed by atoms with Crippen LogP contribution >= 0.6 is 11.3 Å². The van der Waals surface area contributed by atoms with Crippen LogP contribution in [-0.4, -0.2) is 20.3 Å². The Morgan fingerprint density at radius 1 is 1.22 bits per heavy atom. The number of rotatable bonds is 6. The number of ether oxygens (including phenoxy) is 2. The zero-order valence-corrected chi connectivity index (χ0v) is 11.2. The van der Waals surface area contributed by atoms with Crippen molar-refractivity contribution < 1.29 is 9.47 Å². The number of hydrogen-bond acceptors (Lipinski definition) is 4. The van der Waals surface area contributed by atoms with Gasteiger partial charge in [0.25, 0.3) is 0 Å². The molecular weight excluding hydrogens is 246 g/mol. The molecule has 1 unspecified atom stereocenters. The van der Waals surface area contributed by atoms with Crippen molar-refractivity contribution in [3.63, 3.8) is 0 Å². The maximum Gasteiger partial charge on any atom is 0.123 e. The topological polar surface area (TPSA) is 44.5 Å². The third kappa shape index (κ3) is 3.24. The Hall–Kier alpha value is -1.52. The molecule has 4 heteroatoms. The van der Waals surface area contributed by atoms with E-state index in [1.165, 1.54) is 4.88 Å². The summed E-state index contributed by atoms with van der Waals surface area (Å²) < 4.78 is 10.9. The van der Waals surface area contributed by atoms with Gasteiger partial charge in [-0.25, -0.2) is 0 Å². The number of thiophene rings is 1. The van der Waals surface area contributed by atoms with Crippen molar-refractivity contribution in [1.29, 1.82) is 0 Å². The van der Waals surface area contributed by atoms with E-state index in [4.69, 9.17) is 15.2 Å². The third-order valence-corrected chi connectivity index (χ3v) is 3.76. The molecule has 0 fully saturated rings. The van der Waals surface area contributed by atoms with Crippen LogP contribution in [0.2, 0.25) is 0 Å². The minimum atomic E-state index is 0.246. The van der Waals surface area contributed by atoms with Crippen LogP contribution in [0.25, 0.3) is 0 Å². The molecule has 2 aromatic rings. The average molecular weight is 263 g/mol. The standard InChI is InChI=1S/C14H17NO2S/c1-16-12-4-2-5-13(8-12)17-10-11(9-15)14-6-3-7-18-14/h2-8,11H,9-10,15H2,1H3. The lowest BCUT2D eigenvalue weighted by Crippen LogP contribution is -2.18. The maximum atomic E-state index is 5.79. The molecule has 0 aliphatic carbocycles. The Labute approximate surface area is 111 Å². The van der Waals surface area contributed by atoms with Crippen LogP contribution in [0.3, 0.4) is 0 Å². The van der Waals surface area contributed by atoms with Gasteiger partial charge in [-0.05, 0) is 23.6 Å². The van der Waals surface area contributed by atoms with Gasteiger partial charge in [-0.15, -0.1) is 11.3 Å². The second-order valence-electron chi connectivity index (χ2n) is 3.94. The van der Waals surface area contributed by atoms with E-state index in [-0.39, 0.29) is 5.92 Å². The van der Waals surface area contributed by atoms with Crippen molar-refractivity contribution in [1.82, 2.24) is 0 Å². The third-order valence-electron chi connectivity index (χ3n) is 2.72. The molecule has 3 nitrogen and oxygen atoms in total. The van der Waals surface area contributed by atoms with E-state index < -0.39 is 0 Å². The van der Waals surface area contributed by atoms with Gasteiger partial charge in [-0.1, -0.05) is 12.1 Å². The van der Waals surface area contributed by atoms with Crippen LogP contribution in [0.5, 0.6) is 11.5 Å². The maximum absolute atomic E-state index is 5.79. The summed E-state index contributed by atoms with van der Waals surface area (Å²) in [5, 5.41) is 2.06. The second-order valence-corrected chi connectivity index (χ2v) is 4.92. The Bertz CT molecular complexity index is 470. The molecule has 0 bridgehead atoms. The molecule has 0 saturated heterocycles. The largest absolute Gasteiger partial charge is 0.497 e. The van der Waals surface area contributed by atoms with E-state index in [0.717, 1.165) is 11.5 Å². The molecule has 1 aromatic heterocycles. The normalized spacial score (nSPS) is 12.1. The van der Waals surface area contributed by atoms with Crippen LogP contribution in [0.15, 0.2) is 41.8 Å². The van der Waals surface area contributed by atoms with E-state index in [1.807, 2.05) is 30.3 Å². The lowest BCUT2D eigenvalue weighted by molar-refractivity contribution is 0.290. The van der Waals surface area contributed by atoms with E-state index >= 15 is 0 Å². The van der Waals surface area contributed by atoms with Gasteiger partial charge in [-0.2, -0.15) is 0 Å². The summed E-state index contributed by atoms with van der Waals surface area (Å²) in [5.74, 6) is 1.86. The molecular formula is C14H17NO2S. The van der Waals surface area contributed by atoms with Crippen molar-refractivity contribution in [3.8, 4) is 11.5 Å². The highest BCUT2D eigenvalue weighted by molar-refractivity contribution is 7.10. The van der Waals surface area contributed by atoms with Gasteiger partial charge in [-0.3, -0.25) is 0 Å². The minimum absolute atomic E-state index is 0.246. The molecule has 0 saturated carbocycles. The number of hydrogen-bond donors (Lipinski definition) is 1. The highest BCUT2D eigenvalue weighted by Gasteiger charge is 2.11. The van der Waals surface area contributed by atoms with E-state index in [0.29, 0.717) is 13.2 Å². The molecule has 0 amide bonds. The Kier molecular flexibility index (Phi) is 4.61. The molecule has 2 N–H and O–H groups in total. The molecule has 1 atom stereocenters. The van der Waals surface area contributed by atoms with E-state index in [2.05, 4.69) is 11.4 Å². The molecule has 2 rings (SSSR count). The summed E-state index contributed by atoms with van der Waals surface area (Å²) in [6.07, 6.45) is 0. The minimum Gasteiger partial charge on any atom is -0.497 e. The first-order valence-corrected chi connectivity index (χ1v) is 6.71. The van der Waals surface area contributed by atoms with Crippen LogP contribution in [-0.2, 0) is 0 Å². The van der Waals surface area contributed by atoms with Gasteiger partial charge < -0.3 is 15.2 Å². The van der Waals surface area contributed by atoms with Crippen molar-refractivity contribution in [2.75, 3.05) is 20.3 Å². The molecule has 1 aromatic carbocycles. The molecule has 0 radical (unpaired) electrons. The SMILES string of the molecule is COc1cccc(OCC(CN)c2cccs2)c1. The fourth-order valence-electron chi connectivity index (χ4n) is 1.68. The van der Waals surface area contributed by atoms with Gasteiger partial charge in [0, 0.05) is 23.4 Å². The fraction of sp³-hybridized carbons (Fsp3) is 0.286. The van der Waals surface area contributed by atoms with Crippen LogP contribution in [0.1, 0.15) is 10.8 Å². The zero-order chi connectivity index (χ0) is 12.8. The highest BCUT2D eigenvalue weighted by atomic mass is 32.1. The summed E-state index contributed by atoms with van der Waals surface area (Å²) >= 11 is 1.71. The van der Waals surface area contributed by atoms with Crippen LogP contribution < -0.4 is 15.2 Å². The first kappa shape index (κ1) is 12.9. The van der Waals surface area contributed by atoms with Gasteiger partial charge in [0.05, 0.1) is 13.7 Å². The van der Waals surface area contributed by atoms with Crippen molar-refractivity contribution in [2.24, 2.45) is 5.73 Å². The number of nitrogens with two attached hydrogens (primary N) is 1. The second kappa shape index (κ2) is 6.42. The van der Waals surface area contributed by atoms with Gasteiger partial charge >= 0.3 is 0 Å². The quantitative estimate of drug-likeness (QED) is 0.871. The predicted molar refractivity (Wildman–Crippen MR) is 74.6 cm³/mol. The molecule has 0 spiro atoms.